The van der Waals surface area contributed by atoms with Crippen LogP contribution in [-0.2, 0) is 6.61 Å². The Morgan fingerprint density at radius 1 is 1.44 bits per heavy atom. The highest BCUT2D eigenvalue weighted by Crippen LogP contribution is 2.31. The minimum atomic E-state index is -0.508. The SMILES string of the molecule is O=[N+]([O-])c1cc(Cl)ccc1OCc1cc(Br)cs1. The lowest BCUT2D eigenvalue weighted by Crippen LogP contribution is -1.97. The molecule has 0 atom stereocenters. The van der Waals surface area contributed by atoms with E-state index in [1.165, 1.54) is 23.5 Å². The van der Waals surface area contributed by atoms with Crippen molar-refractivity contribution in [3.8, 4) is 5.75 Å². The summed E-state index contributed by atoms with van der Waals surface area (Å²) >= 11 is 10.6. The fourth-order valence-corrected chi connectivity index (χ4v) is 2.86. The highest BCUT2D eigenvalue weighted by atomic mass is 79.9. The largest absolute Gasteiger partial charge is 0.481 e. The summed E-state index contributed by atoms with van der Waals surface area (Å²) < 4.78 is 6.41. The summed E-state index contributed by atoms with van der Waals surface area (Å²) in [5.74, 6) is 0.217. The van der Waals surface area contributed by atoms with Gasteiger partial charge in [0.05, 0.1) is 4.92 Å². The molecule has 0 radical (unpaired) electrons. The molecule has 94 valence electrons. The van der Waals surface area contributed by atoms with Gasteiger partial charge in [-0.1, -0.05) is 11.6 Å². The summed E-state index contributed by atoms with van der Waals surface area (Å²) in [4.78, 5) is 11.3. The quantitative estimate of drug-likeness (QED) is 0.597. The van der Waals surface area contributed by atoms with Gasteiger partial charge in [-0.2, -0.15) is 0 Å². The summed E-state index contributed by atoms with van der Waals surface area (Å²) in [6.45, 7) is 0.290. The zero-order valence-corrected chi connectivity index (χ0v) is 12.1. The minimum absolute atomic E-state index is 0.127. The molecule has 0 unspecified atom stereocenters. The maximum atomic E-state index is 10.9. The molecule has 0 fully saturated rings. The maximum absolute atomic E-state index is 10.9. The van der Waals surface area contributed by atoms with Crippen molar-refractivity contribution in [2.75, 3.05) is 0 Å². The van der Waals surface area contributed by atoms with Gasteiger partial charge in [-0.3, -0.25) is 10.1 Å². The van der Waals surface area contributed by atoms with Crippen molar-refractivity contribution in [3.63, 3.8) is 0 Å². The van der Waals surface area contributed by atoms with E-state index in [0.29, 0.717) is 11.6 Å². The molecule has 0 saturated heterocycles. The van der Waals surface area contributed by atoms with E-state index < -0.39 is 4.92 Å². The van der Waals surface area contributed by atoms with Crippen molar-refractivity contribution >= 4 is 44.6 Å². The molecular formula is C11H7BrClNO3S. The number of hydrogen-bond donors (Lipinski definition) is 0. The van der Waals surface area contributed by atoms with Gasteiger partial charge < -0.3 is 4.74 Å². The summed E-state index contributed by atoms with van der Waals surface area (Å²) in [5.41, 5.74) is -0.127. The molecule has 0 amide bonds. The Kier molecular flexibility index (Phi) is 4.21. The lowest BCUT2D eigenvalue weighted by molar-refractivity contribution is -0.385. The molecule has 2 rings (SSSR count). The van der Waals surface area contributed by atoms with Crippen LogP contribution in [0.25, 0.3) is 0 Å². The van der Waals surface area contributed by atoms with Gasteiger partial charge in [0.25, 0.3) is 0 Å². The van der Waals surface area contributed by atoms with Crippen LogP contribution in [0.5, 0.6) is 5.75 Å². The van der Waals surface area contributed by atoms with Gasteiger partial charge in [-0.25, -0.2) is 0 Å². The van der Waals surface area contributed by atoms with Crippen molar-refractivity contribution in [1.29, 1.82) is 0 Å². The van der Waals surface area contributed by atoms with E-state index in [1.54, 1.807) is 6.07 Å². The molecule has 0 saturated carbocycles. The van der Waals surface area contributed by atoms with E-state index in [9.17, 15) is 10.1 Å². The smallest absolute Gasteiger partial charge is 0.312 e. The van der Waals surface area contributed by atoms with Crippen LogP contribution in [0, 0.1) is 10.1 Å². The van der Waals surface area contributed by atoms with Gasteiger partial charge in [0.1, 0.15) is 6.61 Å². The van der Waals surface area contributed by atoms with E-state index in [-0.39, 0.29) is 11.4 Å². The van der Waals surface area contributed by atoms with Crippen LogP contribution >= 0.6 is 38.9 Å². The monoisotopic (exact) mass is 347 g/mol. The zero-order chi connectivity index (χ0) is 13.1. The molecule has 1 aromatic carbocycles. The van der Waals surface area contributed by atoms with E-state index in [1.807, 2.05) is 11.4 Å². The van der Waals surface area contributed by atoms with Crippen LogP contribution in [0.1, 0.15) is 4.88 Å². The van der Waals surface area contributed by atoms with Crippen LogP contribution in [0.4, 0.5) is 5.69 Å². The Hall–Kier alpha value is -1.11. The zero-order valence-electron chi connectivity index (χ0n) is 8.93. The first-order chi connectivity index (χ1) is 8.56. The second-order valence-electron chi connectivity index (χ2n) is 3.39. The van der Waals surface area contributed by atoms with Gasteiger partial charge in [0.15, 0.2) is 5.75 Å². The first-order valence-corrected chi connectivity index (χ1v) is 6.91. The molecule has 0 bridgehead atoms. The van der Waals surface area contributed by atoms with Crippen molar-refractivity contribution in [2.45, 2.75) is 6.61 Å². The number of benzene rings is 1. The predicted octanol–water partition coefficient (Wildman–Crippen LogP) is 4.65. The number of hydrogen-bond acceptors (Lipinski definition) is 4. The van der Waals surface area contributed by atoms with Crippen molar-refractivity contribution in [1.82, 2.24) is 0 Å². The Morgan fingerprint density at radius 2 is 2.22 bits per heavy atom. The molecule has 1 aromatic heterocycles. The number of thiophene rings is 1. The number of nitro groups is 1. The lowest BCUT2D eigenvalue weighted by atomic mass is 10.3. The fourth-order valence-electron chi connectivity index (χ4n) is 1.33. The Labute approximate surface area is 120 Å². The third-order valence-electron chi connectivity index (χ3n) is 2.11. The number of nitrogens with zero attached hydrogens (tertiary/aromatic N) is 1. The molecule has 1 heterocycles. The average molecular weight is 349 g/mol. The molecule has 7 heteroatoms. The summed E-state index contributed by atoms with van der Waals surface area (Å²) in [6.07, 6.45) is 0. The molecule has 2 aromatic rings. The van der Waals surface area contributed by atoms with E-state index in [2.05, 4.69) is 15.9 Å². The average Bonchev–Trinajstić information content (AvgIpc) is 2.73. The van der Waals surface area contributed by atoms with Crippen molar-refractivity contribution < 1.29 is 9.66 Å². The second kappa shape index (κ2) is 5.69. The number of nitro benzene ring substituents is 1. The van der Waals surface area contributed by atoms with Crippen LogP contribution < -0.4 is 4.74 Å². The number of rotatable bonds is 4. The van der Waals surface area contributed by atoms with Crippen LogP contribution in [0.15, 0.2) is 34.1 Å². The van der Waals surface area contributed by atoms with Gasteiger partial charge in [-0.15, -0.1) is 11.3 Å². The summed E-state index contributed by atoms with van der Waals surface area (Å²) in [5, 5.41) is 13.1. The molecular weight excluding hydrogens is 342 g/mol. The predicted molar refractivity (Wildman–Crippen MR) is 74.5 cm³/mol. The normalized spacial score (nSPS) is 10.3. The molecule has 0 N–H and O–H groups in total. The van der Waals surface area contributed by atoms with Crippen molar-refractivity contribution in [2.24, 2.45) is 0 Å². The highest BCUT2D eigenvalue weighted by Gasteiger charge is 2.15. The minimum Gasteiger partial charge on any atom is -0.481 e. The van der Waals surface area contributed by atoms with Crippen molar-refractivity contribution in [3.05, 3.63) is 54.1 Å². The van der Waals surface area contributed by atoms with E-state index in [4.69, 9.17) is 16.3 Å². The third kappa shape index (κ3) is 3.22. The van der Waals surface area contributed by atoms with Gasteiger partial charge >= 0.3 is 5.69 Å². The molecule has 0 spiro atoms. The maximum Gasteiger partial charge on any atom is 0.312 e. The van der Waals surface area contributed by atoms with Gasteiger partial charge in [-0.05, 0) is 34.1 Å². The first-order valence-electron chi connectivity index (χ1n) is 4.86. The standard InChI is InChI=1S/C11H7BrClNO3S/c12-7-3-9(18-6-7)5-17-11-2-1-8(13)4-10(11)14(15)16/h1-4,6H,5H2. The third-order valence-corrected chi connectivity index (χ3v) is 4.02. The van der Waals surface area contributed by atoms with Gasteiger partial charge in [0, 0.05) is 25.8 Å². The summed E-state index contributed by atoms with van der Waals surface area (Å²) in [6, 6.07) is 6.25. The Balaban J connectivity index is 2.16. The Morgan fingerprint density at radius 3 is 2.83 bits per heavy atom. The molecule has 0 aliphatic carbocycles. The van der Waals surface area contributed by atoms with Crippen LogP contribution in [0.3, 0.4) is 0 Å². The summed E-state index contributed by atoms with van der Waals surface area (Å²) in [7, 11) is 0. The molecule has 18 heavy (non-hydrogen) atoms. The van der Waals surface area contributed by atoms with Gasteiger partial charge in [0.2, 0.25) is 0 Å². The number of halogens is 2. The van der Waals surface area contributed by atoms with E-state index in [0.717, 1.165) is 9.35 Å². The number of ether oxygens (including phenoxy) is 1. The van der Waals surface area contributed by atoms with Crippen LogP contribution in [0.2, 0.25) is 5.02 Å². The molecule has 0 aliphatic heterocycles. The fraction of sp³-hybridized carbons (Fsp3) is 0.0909. The van der Waals surface area contributed by atoms with E-state index >= 15 is 0 Å². The molecule has 0 aliphatic rings. The molecule has 4 nitrogen and oxygen atoms in total. The second-order valence-corrected chi connectivity index (χ2v) is 5.74. The van der Waals surface area contributed by atoms with Crippen LogP contribution in [-0.4, -0.2) is 4.92 Å². The Bertz CT molecular complexity index is 587. The lowest BCUT2D eigenvalue weighted by Gasteiger charge is -2.05. The topological polar surface area (TPSA) is 52.4 Å². The highest BCUT2D eigenvalue weighted by molar-refractivity contribution is 9.10. The first kappa shape index (κ1) is 13.3.